The summed E-state index contributed by atoms with van der Waals surface area (Å²) < 4.78 is 44.4. The van der Waals surface area contributed by atoms with Crippen molar-refractivity contribution in [3.8, 4) is 11.8 Å². The molecule has 0 aliphatic rings. The highest BCUT2D eigenvalue weighted by Crippen LogP contribution is 2.36. The van der Waals surface area contributed by atoms with Crippen molar-refractivity contribution in [2.75, 3.05) is 7.11 Å². The van der Waals surface area contributed by atoms with Gasteiger partial charge in [-0.25, -0.2) is 4.79 Å². The molecule has 0 saturated heterocycles. The van der Waals surface area contributed by atoms with E-state index in [1.165, 1.54) is 6.07 Å². The standard InChI is InChI=1S/C10H5ClF3NO3/c1-17-9(16)6-3-2-5(4-15)8(7(6)11)18-10(12,13)14/h2-3H,1H3. The van der Waals surface area contributed by atoms with Crippen LogP contribution in [0.2, 0.25) is 5.02 Å². The molecule has 0 N–H and O–H groups in total. The first-order valence-corrected chi connectivity index (χ1v) is 4.74. The Hall–Kier alpha value is -1.94. The maximum Gasteiger partial charge on any atom is 0.573 e. The lowest BCUT2D eigenvalue weighted by atomic mass is 10.1. The summed E-state index contributed by atoms with van der Waals surface area (Å²) in [6.45, 7) is 0. The molecule has 4 nitrogen and oxygen atoms in total. The minimum absolute atomic E-state index is 0.322. The van der Waals surface area contributed by atoms with Crippen molar-refractivity contribution in [2.24, 2.45) is 0 Å². The van der Waals surface area contributed by atoms with Crippen LogP contribution in [0.15, 0.2) is 12.1 Å². The quantitative estimate of drug-likeness (QED) is 0.781. The van der Waals surface area contributed by atoms with Gasteiger partial charge in [0, 0.05) is 0 Å². The number of hydrogen-bond donors (Lipinski definition) is 0. The third kappa shape index (κ3) is 3.05. The highest BCUT2D eigenvalue weighted by Gasteiger charge is 2.34. The number of halogens is 4. The summed E-state index contributed by atoms with van der Waals surface area (Å²) in [5, 5.41) is 8.03. The van der Waals surface area contributed by atoms with E-state index in [2.05, 4.69) is 9.47 Å². The number of ether oxygens (including phenoxy) is 2. The monoisotopic (exact) mass is 279 g/mol. The fourth-order valence-corrected chi connectivity index (χ4v) is 1.41. The van der Waals surface area contributed by atoms with E-state index in [-0.39, 0.29) is 5.56 Å². The maximum atomic E-state index is 12.1. The van der Waals surface area contributed by atoms with Crippen LogP contribution in [0, 0.1) is 11.3 Å². The third-order valence-corrected chi connectivity index (χ3v) is 2.22. The summed E-state index contributed by atoms with van der Waals surface area (Å²) in [5.41, 5.74) is -0.762. The normalized spacial score (nSPS) is 10.7. The van der Waals surface area contributed by atoms with E-state index in [4.69, 9.17) is 16.9 Å². The molecular weight excluding hydrogens is 275 g/mol. The zero-order valence-electron chi connectivity index (χ0n) is 8.84. The SMILES string of the molecule is COC(=O)c1ccc(C#N)c(OC(F)(F)F)c1Cl. The third-order valence-electron chi connectivity index (χ3n) is 1.84. The molecule has 0 saturated carbocycles. The number of carbonyl (C=O) groups excluding carboxylic acids is 1. The molecule has 96 valence electrons. The van der Waals surface area contributed by atoms with Crippen molar-refractivity contribution in [2.45, 2.75) is 6.36 Å². The van der Waals surface area contributed by atoms with E-state index in [0.717, 1.165) is 19.2 Å². The molecule has 8 heteroatoms. The van der Waals surface area contributed by atoms with Crippen LogP contribution in [0.25, 0.3) is 0 Å². The van der Waals surface area contributed by atoms with Crippen LogP contribution in [-0.2, 0) is 4.74 Å². The van der Waals surface area contributed by atoms with E-state index in [9.17, 15) is 18.0 Å². The second kappa shape index (κ2) is 5.14. The Morgan fingerprint density at radius 2 is 2.06 bits per heavy atom. The van der Waals surface area contributed by atoms with Crippen LogP contribution < -0.4 is 4.74 Å². The first-order chi connectivity index (χ1) is 8.30. The number of nitriles is 1. The van der Waals surface area contributed by atoms with Crippen molar-refractivity contribution >= 4 is 17.6 Å². The topological polar surface area (TPSA) is 59.3 Å². The van der Waals surface area contributed by atoms with Crippen LogP contribution in [0.4, 0.5) is 13.2 Å². The van der Waals surface area contributed by atoms with E-state index < -0.39 is 28.7 Å². The molecule has 0 bridgehead atoms. The van der Waals surface area contributed by atoms with E-state index in [1.807, 2.05) is 0 Å². The van der Waals surface area contributed by atoms with Crippen LogP contribution in [0.5, 0.6) is 5.75 Å². The van der Waals surface area contributed by atoms with Gasteiger partial charge in [0.15, 0.2) is 5.75 Å². The Bertz CT molecular complexity index is 522. The molecule has 0 radical (unpaired) electrons. The Morgan fingerprint density at radius 1 is 1.44 bits per heavy atom. The van der Waals surface area contributed by atoms with Gasteiger partial charge in [-0.15, -0.1) is 13.2 Å². The van der Waals surface area contributed by atoms with E-state index in [0.29, 0.717) is 0 Å². The Balaban J connectivity index is 3.37. The largest absolute Gasteiger partial charge is 0.573 e. The lowest BCUT2D eigenvalue weighted by Gasteiger charge is -2.13. The summed E-state index contributed by atoms with van der Waals surface area (Å²) in [5.74, 6) is -1.86. The molecule has 18 heavy (non-hydrogen) atoms. The molecule has 0 aliphatic heterocycles. The summed E-state index contributed by atoms with van der Waals surface area (Å²) in [7, 11) is 1.04. The smallest absolute Gasteiger partial charge is 0.465 e. The molecule has 1 aromatic rings. The summed E-state index contributed by atoms with van der Waals surface area (Å²) >= 11 is 5.60. The molecular formula is C10H5ClF3NO3. The first kappa shape index (κ1) is 14.1. The lowest BCUT2D eigenvalue weighted by Crippen LogP contribution is -2.19. The van der Waals surface area contributed by atoms with Gasteiger partial charge >= 0.3 is 12.3 Å². The second-order valence-electron chi connectivity index (χ2n) is 2.95. The number of alkyl halides is 3. The summed E-state index contributed by atoms with van der Waals surface area (Å²) in [4.78, 5) is 11.2. The number of methoxy groups -OCH3 is 1. The van der Waals surface area contributed by atoms with Gasteiger partial charge in [-0.2, -0.15) is 5.26 Å². The van der Waals surface area contributed by atoms with Crippen LogP contribution in [-0.4, -0.2) is 19.4 Å². The summed E-state index contributed by atoms with van der Waals surface area (Å²) in [6, 6.07) is 3.55. The molecule has 0 atom stereocenters. The molecule has 0 heterocycles. The first-order valence-electron chi connectivity index (χ1n) is 4.36. The Kier molecular flexibility index (Phi) is 4.03. The van der Waals surface area contributed by atoms with Crippen molar-refractivity contribution in [3.63, 3.8) is 0 Å². The molecule has 1 aromatic carbocycles. The number of nitrogens with zero attached hydrogens (tertiary/aromatic N) is 1. The highest BCUT2D eigenvalue weighted by atomic mass is 35.5. The van der Waals surface area contributed by atoms with Crippen molar-refractivity contribution in [3.05, 3.63) is 28.3 Å². The minimum atomic E-state index is -5.02. The van der Waals surface area contributed by atoms with Gasteiger partial charge in [0.05, 0.1) is 23.3 Å². The average Bonchev–Trinajstić information content (AvgIpc) is 2.29. The molecule has 0 aliphatic carbocycles. The van der Waals surface area contributed by atoms with Crippen molar-refractivity contribution < 1.29 is 27.4 Å². The molecule has 1 rings (SSSR count). The number of benzene rings is 1. The van der Waals surface area contributed by atoms with Crippen molar-refractivity contribution in [1.82, 2.24) is 0 Å². The zero-order valence-corrected chi connectivity index (χ0v) is 9.59. The van der Waals surface area contributed by atoms with E-state index >= 15 is 0 Å². The Morgan fingerprint density at radius 3 is 2.50 bits per heavy atom. The van der Waals surface area contributed by atoms with Gasteiger partial charge in [-0.1, -0.05) is 11.6 Å². The number of rotatable bonds is 2. The fourth-order valence-electron chi connectivity index (χ4n) is 1.13. The molecule has 0 fully saturated rings. The molecule has 0 spiro atoms. The van der Waals surface area contributed by atoms with E-state index in [1.54, 1.807) is 0 Å². The predicted molar refractivity (Wildman–Crippen MR) is 54.2 cm³/mol. The molecule has 0 unspecified atom stereocenters. The molecule has 0 aromatic heterocycles. The molecule has 0 amide bonds. The van der Waals surface area contributed by atoms with Crippen LogP contribution >= 0.6 is 11.6 Å². The minimum Gasteiger partial charge on any atom is -0.465 e. The van der Waals surface area contributed by atoms with Gasteiger partial charge in [0.1, 0.15) is 6.07 Å². The van der Waals surface area contributed by atoms with Crippen LogP contribution in [0.1, 0.15) is 15.9 Å². The van der Waals surface area contributed by atoms with Crippen LogP contribution in [0.3, 0.4) is 0 Å². The maximum absolute atomic E-state index is 12.1. The van der Waals surface area contributed by atoms with Gasteiger partial charge in [0.2, 0.25) is 0 Å². The number of hydrogen-bond acceptors (Lipinski definition) is 4. The highest BCUT2D eigenvalue weighted by molar-refractivity contribution is 6.35. The zero-order chi connectivity index (χ0) is 13.9. The number of carbonyl (C=O) groups is 1. The van der Waals surface area contributed by atoms with Crippen molar-refractivity contribution in [1.29, 1.82) is 5.26 Å². The second-order valence-corrected chi connectivity index (χ2v) is 3.33. The van der Waals surface area contributed by atoms with Gasteiger partial charge < -0.3 is 9.47 Å². The Labute approximate surface area is 104 Å². The van der Waals surface area contributed by atoms with Gasteiger partial charge in [-0.05, 0) is 12.1 Å². The number of esters is 1. The average molecular weight is 280 g/mol. The fraction of sp³-hybridized carbons (Fsp3) is 0.200. The summed E-state index contributed by atoms with van der Waals surface area (Å²) in [6.07, 6.45) is -5.02. The van der Waals surface area contributed by atoms with Gasteiger partial charge in [-0.3, -0.25) is 0 Å². The lowest BCUT2D eigenvalue weighted by molar-refractivity contribution is -0.274. The predicted octanol–water partition coefficient (Wildman–Crippen LogP) is 2.90. The van der Waals surface area contributed by atoms with Gasteiger partial charge in [0.25, 0.3) is 0 Å².